The molecule has 0 N–H and O–H groups in total. The normalized spacial score (nSPS) is 10.8. The Labute approximate surface area is 125 Å². The molecule has 2 heterocycles. The highest BCUT2D eigenvalue weighted by Crippen LogP contribution is 2.27. The van der Waals surface area contributed by atoms with Crippen LogP contribution in [-0.2, 0) is 0 Å². The summed E-state index contributed by atoms with van der Waals surface area (Å²) < 4.78 is 6.99. The molecule has 0 fully saturated rings. The van der Waals surface area contributed by atoms with Crippen molar-refractivity contribution < 1.29 is 9.53 Å². The molecule has 0 radical (unpaired) electrons. The average Bonchev–Trinajstić information content (AvgIpc) is 2.85. The van der Waals surface area contributed by atoms with Gasteiger partial charge in [-0.05, 0) is 30.7 Å². The number of aromatic nitrogens is 4. The topological polar surface area (TPSA) is 69.9 Å². The lowest BCUT2D eigenvalue weighted by molar-refractivity contribution is 0.0940. The van der Waals surface area contributed by atoms with E-state index >= 15 is 0 Å². The second kappa shape index (κ2) is 5.14. The van der Waals surface area contributed by atoms with Crippen LogP contribution >= 0.6 is 11.6 Å². The molecule has 7 heteroatoms. The molecule has 0 aliphatic carbocycles. The maximum Gasteiger partial charge on any atom is 0.252 e. The van der Waals surface area contributed by atoms with E-state index in [-0.39, 0.29) is 17.1 Å². The second-order valence-corrected chi connectivity index (χ2v) is 4.86. The highest BCUT2D eigenvalue weighted by molar-refractivity contribution is 6.28. The number of carbonyl (C=O) groups is 1. The minimum atomic E-state index is -0.214. The van der Waals surface area contributed by atoms with E-state index in [4.69, 9.17) is 16.3 Å². The molecule has 0 unspecified atom stereocenters. The van der Waals surface area contributed by atoms with Gasteiger partial charge < -0.3 is 4.74 Å². The summed E-state index contributed by atoms with van der Waals surface area (Å²) in [6.07, 6.45) is 1.38. The van der Waals surface area contributed by atoms with Gasteiger partial charge in [0.2, 0.25) is 11.2 Å². The van der Waals surface area contributed by atoms with Crippen LogP contribution in [0.3, 0.4) is 0 Å². The summed E-state index contributed by atoms with van der Waals surface area (Å²) in [5, 5.41) is -0.00684. The number of ether oxygens (including phenoxy) is 1. The summed E-state index contributed by atoms with van der Waals surface area (Å²) in [4.78, 5) is 23.7. The van der Waals surface area contributed by atoms with Gasteiger partial charge in [0.15, 0.2) is 11.2 Å². The monoisotopic (exact) mass is 302 g/mol. The van der Waals surface area contributed by atoms with Crippen LogP contribution in [-0.4, -0.2) is 25.4 Å². The average molecular weight is 303 g/mol. The van der Waals surface area contributed by atoms with Crippen molar-refractivity contribution in [2.24, 2.45) is 0 Å². The Bertz CT molecular complexity index is 827. The molecular formula is C14H11ClN4O2. The summed E-state index contributed by atoms with van der Waals surface area (Å²) in [6.45, 7) is 3.40. The van der Waals surface area contributed by atoms with Crippen molar-refractivity contribution in [3.8, 4) is 11.6 Å². The van der Waals surface area contributed by atoms with Gasteiger partial charge in [0, 0.05) is 6.92 Å². The van der Waals surface area contributed by atoms with Gasteiger partial charge in [0.25, 0.3) is 5.88 Å². The number of hydrogen-bond acceptors (Lipinski definition) is 5. The molecule has 2 aromatic heterocycles. The van der Waals surface area contributed by atoms with Gasteiger partial charge in [-0.3, -0.25) is 9.36 Å². The van der Waals surface area contributed by atoms with Gasteiger partial charge in [-0.15, -0.1) is 0 Å². The number of hydrogen-bond donors (Lipinski definition) is 0. The zero-order chi connectivity index (χ0) is 15.0. The van der Waals surface area contributed by atoms with E-state index in [9.17, 15) is 4.79 Å². The van der Waals surface area contributed by atoms with Crippen molar-refractivity contribution in [2.45, 2.75) is 13.8 Å². The maximum atomic E-state index is 11.5. The molecule has 3 aromatic rings. The second-order valence-electron chi connectivity index (χ2n) is 4.52. The number of rotatable bonds is 2. The molecule has 0 saturated heterocycles. The number of fused-ring (bicyclic) bond motifs is 1. The fourth-order valence-electron chi connectivity index (χ4n) is 1.87. The van der Waals surface area contributed by atoms with E-state index in [2.05, 4.69) is 15.0 Å². The highest BCUT2D eigenvalue weighted by atomic mass is 35.5. The number of aryl methyl sites for hydroxylation is 1. The van der Waals surface area contributed by atoms with Crippen molar-refractivity contribution in [3.05, 3.63) is 41.4 Å². The number of imidazole rings is 1. The van der Waals surface area contributed by atoms with Gasteiger partial charge in [-0.2, -0.15) is 9.97 Å². The smallest absolute Gasteiger partial charge is 0.252 e. The predicted octanol–water partition coefficient (Wildman–Crippen LogP) is 3.24. The molecule has 0 aliphatic rings. The Balaban J connectivity index is 2.09. The third kappa shape index (κ3) is 2.57. The predicted molar refractivity (Wildman–Crippen MR) is 77.9 cm³/mol. The standard InChI is InChI=1S/C14H11ClN4O2/c1-8-3-5-10(6-4-8)21-13-11-12(17-14(15)18-13)19(7-16-11)9(2)20/h3-7H,1-2H3. The lowest BCUT2D eigenvalue weighted by Crippen LogP contribution is -2.05. The van der Waals surface area contributed by atoms with Gasteiger partial charge in [-0.1, -0.05) is 17.7 Å². The SMILES string of the molecule is CC(=O)n1cnc2c(Oc3ccc(C)cc3)nc(Cl)nc21. The number of carbonyl (C=O) groups excluding carboxylic acids is 1. The van der Waals surface area contributed by atoms with Crippen molar-refractivity contribution in [3.63, 3.8) is 0 Å². The summed E-state index contributed by atoms with van der Waals surface area (Å²) >= 11 is 5.89. The molecular weight excluding hydrogens is 292 g/mol. The summed E-state index contributed by atoms with van der Waals surface area (Å²) in [5.41, 5.74) is 1.83. The third-order valence-corrected chi connectivity index (χ3v) is 3.08. The minimum absolute atomic E-state index is 0.00684. The first-order chi connectivity index (χ1) is 10.0. The molecule has 3 rings (SSSR count). The Morgan fingerprint density at radius 1 is 1.24 bits per heavy atom. The Hall–Kier alpha value is -2.47. The third-order valence-electron chi connectivity index (χ3n) is 2.91. The van der Waals surface area contributed by atoms with Gasteiger partial charge in [0.05, 0.1) is 0 Å². The van der Waals surface area contributed by atoms with E-state index in [0.717, 1.165) is 5.56 Å². The molecule has 6 nitrogen and oxygen atoms in total. The zero-order valence-corrected chi connectivity index (χ0v) is 12.1. The van der Waals surface area contributed by atoms with E-state index in [1.807, 2.05) is 31.2 Å². The van der Waals surface area contributed by atoms with Crippen LogP contribution in [0, 0.1) is 6.92 Å². The number of benzene rings is 1. The fraction of sp³-hybridized carbons (Fsp3) is 0.143. The van der Waals surface area contributed by atoms with Crippen molar-refractivity contribution in [1.29, 1.82) is 0 Å². The molecule has 0 bridgehead atoms. The highest BCUT2D eigenvalue weighted by Gasteiger charge is 2.16. The molecule has 0 spiro atoms. The minimum Gasteiger partial charge on any atom is -0.437 e. The molecule has 0 aliphatic heterocycles. The largest absolute Gasteiger partial charge is 0.437 e. The van der Waals surface area contributed by atoms with Crippen LogP contribution in [0.1, 0.15) is 17.3 Å². The maximum absolute atomic E-state index is 11.5. The van der Waals surface area contributed by atoms with E-state index in [1.165, 1.54) is 17.8 Å². The molecule has 21 heavy (non-hydrogen) atoms. The van der Waals surface area contributed by atoms with Crippen molar-refractivity contribution in [1.82, 2.24) is 19.5 Å². The fourth-order valence-corrected chi connectivity index (χ4v) is 2.03. The van der Waals surface area contributed by atoms with Crippen LogP contribution in [0.2, 0.25) is 5.28 Å². The number of nitrogens with zero attached hydrogens (tertiary/aromatic N) is 4. The summed E-state index contributed by atoms with van der Waals surface area (Å²) in [5.74, 6) is 0.608. The van der Waals surface area contributed by atoms with Crippen molar-refractivity contribution >= 4 is 28.7 Å². The Morgan fingerprint density at radius 2 is 1.95 bits per heavy atom. The summed E-state index contributed by atoms with van der Waals surface area (Å²) in [7, 11) is 0. The van der Waals surface area contributed by atoms with Gasteiger partial charge in [0.1, 0.15) is 12.1 Å². The van der Waals surface area contributed by atoms with E-state index < -0.39 is 0 Å². The van der Waals surface area contributed by atoms with Crippen LogP contribution in [0.25, 0.3) is 11.2 Å². The van der Waals surface area contributed by atoms with Gasteiger partial charge >= 0.3 is 0 Å². The van der Waals surface area contributed by atoms with Crippen LogP contribution in [0.4, 0.5) is 0 Å². The summed E-state index contributed by atoms with van der Waals surface area (Å²) in [6, 6.07) is 7.48. The first-order valence-electron chi connectivity index (χ1n) is 6.20. The first-order valence-corrected chi connectivity index (χ1v) is 6.58. The Kier molecular flexibility index (Phi) is 3.31. The Morgan fingerprint density at radius 3 is 2.62 bits per heavy atom. The van der Waals surface area contributed by atoms with Crippen LogP contribution < -0.4 is 4.74 Å². The molecule has 0 saturated carbocycles. The first kappa shape index (κ1) is 13.5. The molecule has 0 amide bonds. The van der Waals surface area contributed by atoms with Crippen LogP contribution in [0.5, 0.6) is 11.6 Å². The molecule has 0 atom stereocenters. The lowest BCUT2D eigenvalue weighted by atomic mass is 10.2. The molecule has 1 aromatic carbocycles. The van der Waals surface area contributed by atoms with Gasteiger partial charge in [-0.25, -0.2) is 4.98 Å². The van der Waals surface area contributed by atoms with E-state index in [1.54, 1.807) is 0 Å². The zero-order valence-electron chi connectivity index (χ0n) is 11.4. The quantitative estimate of drug-likeness (QED) is 0.680. The van der Waals surface area contributed by atoms with E-state index in [0.29, 0.717) is 16.9 Å². The molecule has 106 valence electrons. The van der Waals surface area contributed by atoms with Crippen molar-refractivity contribution in [2.75, 3.05) is 0 Å². The number of halogens is 1. The van der Waals surface area contributed by atoms with Crippen LogP contribution in [0.15, 0.2) is 30.6 Å². The lowest BCUT2D eigenvalue weighted by Gasteiger charge is -2.06.